The van der Waals surface area contributed by atoms with Crippen LogP contribution in [0.25, 0.3) is 0 Å². The molecule has 0 aromatic heterocycles. The summed E-state index contributed by atoms with van der Waals surface area (Å²) < 4.78 is 4.80. The summed E-state index contributed by atoms with van der Waals surface area (Å²) in [5, 5.41) is 0. The van der Waals surface area contributed by atoms with E-state index in [1.807, 2.05) is 6.07 Å². The zero-order chi connectivity index (χ0) is 16.7. The second-order valence-electron chi connectivity index (χ2n) is 5.18. The lowest BCUT2D eigenvalue weighted by molar-refractivity contribution is -0.137. The van der Waals surface area contributed by atoms with Gasteiger partial charge >= 0.3 is 5.97 Å². The van der Waals surface area contributed by atoms with E-state index < -0.39 is 5.97 Å². The number of esters is 1. The third-order valence-corrected chi connectivity index (χ3v) is 2.76. The lowest BCUT2D eigenvalue weighted by Gasteiger charge is -2.25. The Morgan fingerprint density at radius 2 is 1.82 bits per heavy atom. The molecule has 0 unspecified atom stereocenters. The first kappa shape index (κ1) is 17.5. The van der Waals surface area contributed by atoms with Crippen molar-refractivity contribution in [3.63, 3.8) is 0 Å². The number of hydrogen-bond donors (Lipinski definition) is 0. The molecule has 0 bridgehead atoms. The van der Waals surface area contributed by atoms with Crippen LogP contribution in [0, 0.1) is 0 Å². The van der Waals surface area contributed by atoms with E-state index in [1.165, 1.54) is 12.0 Å². The van der Waals surface area contributed by atoms with Crippen LogP contribution in [0.5, 0.6) is 0 Å². The Morgan fingerprint density at radius 1 is 1.23 bits per heavy atom. The molecule has 0 heterocycles. The van der Waals surface area contributed by atoms with E-state index >= 15 is 0 Å². The molecule has 1 rings (SSSR count). The predicted molar refractivity (Wildman–Crippen MR) is 86.1 cm³/mol. The molecule has 0 fully saturated rings. The molecule has 0 saturated carbocycles. The molecular formula is C17H22N2O3. The molecule has 118 valence electrons. The van der Waals surface area contributed by atoms with Gasteiger partial charge in [0.15, 0.2) is 0 Å². The van der Waals surface area contributed by atoms with Gasteiger partial charge in [-0.2, -0.15) is 0 Å². The summed E-state index contributed by atoms with van der Waals surface area (Å²) in [6.45, 7) is 5.87. The molecule has 5 nitrogen and oxygen atoms in total. The van der Waals surface area contributed by atoms with E-state index in [1.54, 1.807) is 56.4 Å². The van der Waals surface area contributed by atoms with Crippen LogP contribution < -0.4 is 0 Å². The van der Waals surface area contributed by atoms with Gasteiger partial charge in [-0.3, -0.25) is 9.69 Å². The van der Waals surface area contributed by atoms with Gasteiger partial charge in [0.25, 0.3) is 5.91 Å². The van der Waals surface area contributed by atoms with Gasteiger partial charge in [-0.1, -0.05) is 30.4 Å². The monoisotopic (exact) mass is 302 g/mol. The van der Waals surface area contributed by atoms with Gasteiger partial charge in [0.05, 0.1) is 7.11 Å². The number of ether oxygens (including phenoxy) is 1. The van der Waals surface area contributed by atoms with Crippen molar-refractivity contribution in [3.8, 4) is 0 Å². The zero-order valence-corrected chi connectivity index (χ0v) is 13.5. The van der Waals surface area contributed by atoms with E-state index in [-0.39, 0.29) is 18.1 Å². The molecule has 0 radical (unpaired) electrons. The highest BCUT2D eigenvalue weighted by Crippen LogP contribution is 2.15. The van der Waals surface area contributed by atoms with Gasteiger partial charge in [-0.05, 0) is 19.1 Å². The van der Waals surface area contributed by atoms with Crippen molar-refractivity contribution in [2.75, 3.05) is 27.7 Å². The normalized spacial score (nSPS) is 10.8. The molecule has 1 aromatic carbocycles. The summed E-state index contributed by atoms with van der Waals surface area (Å²) in [7, 11) is 4.83. The maximum absolute atomic E-state index is 12.7. The maximum Gasteiger partial charge on any atom is 0.356 e. The van der Waals surface area contributed by atoms with Gasteiger partial charge in [0.2, 0.25) is 0 Å². The highest BCUT2D eigenvalue weighted by Gasteiger charge is 2.25. The topological polar surface area (TPSA) is 49.9 Å². The Kier molecular flexibility index (Phi) is 6.38. The Hall–Kier alpha value is -2.56. The molecular weight excluding hydrogens is 280 g/mol. The van der Waals surface area contributed by atoms with Crippen molar-refractivity contribution in [1.82, 2.24) is 9.80 Å². The van der Waals surface area contributed by atoms with E-state index in [2.05, 4.69) is 6.58 Å². The van der Waals surface area contributed by atoms with Crippen molar-refractivity contribution in [2.24, 2.45) is 0 Å². The van der Waals surface area contributed by atoms with Crippen molar-refractivity contribution in [3.05, 3.63) is 59.9 Å². The van der Waals surface area contributed by atoms with Crippen LogP contribution in [0.1, 0.15) is 17.3 Å². The summed E-state index contributed by atoms with van der Waals surface area (Å²) in [5.74, 6) is -0.846. The molecule has 0 N–H and O–H groups in total. The SMILES string of the molecule is C=C(C)CN(C(=O)c1ccccc1)/C(=C\N(C)C)C(=O)OC. The first-order chi connectivity index (χ1) is 10.4. The van der Waals surface area contributed by atoms with Crippen LogP contribution in [0.2, 0.25) is 0 Å². The Morgan fingerprint density at radius 3 is 2.27 bits per heavy atom. The number of benzene rings is 1. The van der Waals surface area contributed by atoms with Crippen molar-refractivity contribution >= 4 is 11.9 Å². The predicted octanol–water partition coefficient (Wildman–Crippen LogP) is 2.28. The fraction of sp³-hybridized carbons (Fsp3) is 0.294. The van der Waals surface area contributed by atoms with Gasteiger partial charge < -0.3 is 9.64 Å². The fourth-order valence-corrected chi connectivity index (χ4v) is 1.85. The van der Waals surface area contributed by atoms with Crippen LogP contribution in [0.3, 0.4) is 0 Å². The van der Waals surface area contributed by atoms with Crippen molar-refractivity contribution < 1.29 is 14.3 Å². The number of rotatable bonds is 6. The van der Waals surface area contributed by atoms with E-state index in [0.717, 1.165) is 5.57 Å². The average Bonchev–Trinajstić information content (AvgIpc) is 2.49. The summed E-state index contributed by atoms with van der Waals surface area (Å²) in [5.41, 5.74) is 1.43. The Bertz CT molecular complexity index is 577. The molecule has 0 aliphatic rings. The van der Waals surface area contributed by atoms with Crippen molar-refractivity contribution in [1.29, 1.82) is 0 Å². The highest BCUT2D eigenvalue weighted by atomic mass is 16.5. The summed E-state index contributed by atoms with van der Waals surface area (Å²) in [4.78, 5) is 27.9. The molecule has 1 aromatic rings. The first-order valence-electron chi connectivity index (χ1n) is 6.84. The van der Waals surface area contributed by atoms with Gasteiger partial charge in [0.1, 0.15) is 5.70 Å². The molecule has 0 saturated heterocycles. The number of amides is 1. The first-order valence-corrected chi connectivity index (χ1v) is 6.84. The number of carbonyl (C=O) groups is 2. The molecule has 1 amide bonds. The Balaban J connectivity index is 3.28. The molecule has 0 atom stereocenters. The minimum atomic E-state index is -0.570. The lowest BCUT2D eigenvalue weighted by Crippen LogP contribution is -2.36. The summed E-state index contributed by atoms with van der Waals surface area (Å²) in [6.07, 6.45) is 1.57. The van der Waals surface area contributed by atoms with E-state index in [9.17, 15) is 9.59 Å². The smallest absolute Gasteiger partial charge is 0.356 e. The summed E-state index contributed by atoms with van der Waals surface area (Å²) >= 11 is 0. The third kappa shape index (κ3) is 4.77. The van der Waals surface area contributed by atoms with Crippen LogP contribution in [-0.2, 0) is 9.53 Å². The quantitative estimate of drug-likeness (QED) is 0.459. The number of nitrogens with zero attached hydrogens (tertiary/aromatic N) is 2. The highest BCUT2D eigenvalue weighted by molar-refractivity contribution is 6.01. The van der Waals surface area contributed by atoms with Gasteiger partial charge in [-0.15, -0.1) is 0 Å². The van der Waals surface area contributed by atoms with Crippen molar-refractivity contribution in [2.45, 2.75) is 6.92 Å². The fourth-order valence-electron chi connectivity index (χ4n) is 1.85. The second-order valence-corrected chi connectivity index (χ2v) is 5.18. The van der Waals surface area contributed by atoms with Crippen LogP contribution in [0.4, 0.5) is 0 Å². The third-order valence-electron chi connectivity index (χ3n) is 2.76. The molecule has 0 spiro atoms. The minimum Gasteiger partial charge on any atom is -0.464 e. The van der Waals surface area contributed by atoms with Crippen LogP contribution in [0.15, 0.2) is 54.4 Å². The van der Waals surface area contributed by atoms with E-state index in [4.69, 9.17) is 4.74 Å². The Labute approximate surface area is 131 Å². The van der Waals surface area contributed by atoms with Crippen LogP contribution in [-0.4, -0.2) is 49.4 Å². The second kappa shape index (κ2) is 8.02. The summed E-state index contributed by atoms with van der Waals surface area (Å²) in [6, 6.07) is 8.80. The number of carbonyl (C=O) groups excluding carboxylic acids is 2. The number of hydrogen-bond acceptors (Lipinski definition) is 4. The van der Waals surface area contributed by atoms with E-state index in [0.29, 0.717) is 5.56 Å². The lowest BCUT2D eigenvalue weighted by atomic mass is 10.1. The standard InChI is InChI=1S/C17H22N2O3/c1-13(2)11-19(15(12-18(3)4)17(21)22-5)16(20)14-9-7-6-8-10-14/h6-10,12H,1,11H2,2-5H3/b15-12-. The average molecular weight is 302 g/mol. The maximum atomic E-state index is 12.7. The molecule has 5 heteroatoms. The minimum absolute atomic E-state index is 0.171. The number of methoxy groups -OCH3 is 1. The molecule has 0 aliphatic carbocycles. The zero-order valence-electron chi connectivity index (χ0n) is 13.5. The largest absolute Gasteiger partial charge is 0.464 e. The molecule has 0 aliphatic heterocycles. The van der Waals surface area contributed by atoms with Gasteiger partial charge in [-0.25, -0.2) is 4.79 Å². The van der Waals surface area contributed by atoms with Gasteiger partial charge in [0, 0.05) is 32.4 Å². The van der Waals surface area contributed by atoms with Crippen LogP contribution >= 0.6 is 0 Å². The molecule has 22 heavy (non-hydrogen) atoms.